The third kappa shape index (κ3) is 3.48. The molecule has 0 bridgehead atoms. The van der Waals surface area contributed by atoms with Gasteiger partial charge in [-0.1, -0.05) is 12.1 Å². The Morgan fingerprint density at radius 2 is 1.62 bits per heavy atom. The number of nitrogens with zero attached hydrogens (tertiary/aromatic N) is 1. The molecule has 0 fully saturated rings. The van der Waals surface area contributed by atoms with Crippen LogP contribution in [0.1, 0.15) is 54.3 Å². The fourth-order valence-corrected chi connectivity index (χ4v) is 2.22. The maximum Gasteiger partial charge on any atom is 0.306 e. The van der Waals surface area contributed by atoms with Crippen LogP contribution in [0.5, 0.6) is 0 Å². The molecule has 0 aliphatic carbocycles. The van der Waals surface area contributed by atoms with E-state index in [1.807, 2.05) is 0 Å². The highest BCUT2D eigenvalue weighted by atomic mass is 16.6. The van der Waals surface area contributed by atoms with Crippen LogP contribution in [-0.2, 0) is 9.53 Å². The van der Waals surface area contributed by atoms with Crippen LogP contribution in [0.4, 0.5) is 0 Å². The van der Waals surface area contributed by atoms with Gasteiger partial charge in [0.15, 0.2) is 0 Å². The molecule has 5 heteroatoms. The van der Waals surface area contributed by atoms with Gasteiger partial charge in [0.05, 0.1) is 11.1 Å². The Kier molecular flexibility index (Phi) is 4.11. The van der Waals surface area contributed by atoms with Gasteiger partial charge in [0.2, 0.25) is 0 Å². The lowest BCUT2D eigenvalue weighted by Crippen LogP contribution is -2.31. The largest absolute Gasteiger partial charge is 0.460 e. The predicted octanol–water partition coefficient (Wildman–Crippen LogP) is 2.40. The summed E-state index contributed by atoms with van der Waals surface area (Å²) in [6, 6.07) is 6.75. The Labute approximate surface area is 123 Å². The summed E-state index contributed by atoms with van der Waals surface area (Å²) in [6.07, 6.45) is 0.588. The van der Waals surface area contributed by atoms with Crippen LogP contribution in [0.15, 0.2) is 24.3 Å². The predicted molar refractivity (Wildman–Crippen MR) is 76.9 cm³/mol. The molecule has 0 atom stereocenters. The van der Waals surface area contributed by atoms with Gasteiger partial charge < -0.3 is 4.74 Å². The molecule has 2 rings (SSSR count). The second-order valence-electron chi connectivity index (χ2n) is 6.00. The highest BCUT2D eigenvalue weighted by molar-refractivity contribution is 6.21. The van der Waals surface area contributed by atoms with Crippen LogP contribution in [0.2, 0.25) is 0 Å². The Bertz CT molecular complexity index is 551. The molecule has 1 heterocycles. The van der Waals surface area contributed by atoms with Crippen LogP contribution < -0.4 is 0 Å². The van der Waals surface area contributed by atoms with Crippen LogP contribution in [0.25, 0.3) is 0 Å². The van der Waals surface area contributed by atoms with Crippen molar-refractivity contribution in [3.05, 3.63) is 35.4 Å². The SMILES string of the molecule is CC(C)(C)OC(=O)CCCN1C(=O)c2ccccc2C1=O. The quantitative estimate of drug-likeness (QED) is 0.630. The van der Waals surface area contributed by atoms with Gasteiger partial charge in [-0.05, 0) is 39.3 Å². The van der Waals surface area contributed by atoms with Gasteiger partial charge in [-0.15, -0.1) is 0 Å². The summed E-state index contributed by atoms with van der Waals surface area (Å²) in [5, 5.41) is 0. The molecule has 0 unspecified atom stereocenters. The maximum atomic E-state index is 12.1. The molecule has 1 aliphatic heterocycles. The number of hydrogen-bond acceptors (Lipinski definition) is 4. The van der Waals surface area contributed by atoms with Gasteiger partial charge in [-0.25, -0.2) is 0 Å². The van der Waals surface area contributed by atoms with Crippen molar-refractivity contribution in [2.45, 2.75) is 39.2 Å². The van der Waals surface area contributed by atoms with E-state index in [1.54, 1.807) is 45.0 Å². The first-order valence-corrected chi connectivity index (χ1v) is 6.96. The Morgan fingerprint density at radius 3 is 2.10 bits per heavy atom. The number of fused-ring (bicyclic) bond motifs is 1. The van der Waals surface area contributed by atoms with Gasteiger partial charge in [0, 0.05) is 13.0 Å². The number of imide groups is 1. The summed E-state index contributed by atoms with van der Waals surface area (Å²) in [4.78, 5) is 37.0. The smallest absolute Gasteiger partial charge is 0.306 e. The average molecular weight is 289 g/mol. The number of esters is 1. The highest BCUT2D eigenvalue weighted by Gasteiger charge is 2.34. The number of rotatable bonds is 4. The molecule has 5 nitrogen and oxygen atoms in total. The second kappa shape index (κ2) is 5.68. The standard InChI is InChI=1S/C16H19NO4/c1-16(2,3)21-13(18)9-6-10-17-14(19)11-7-4-5-8-12(11)15(17)20/h4-5,7-8H,6,9-10H2,1-3H3. The van der Waals surface area contributed by atoms with E-state index in [9.17, 15) is 14.4 Å². The van der Waals surface area contributed by atoms with E-state index in [1.165, 1.54) is 4.90 Å². The van der Waals surface area contributed by atoms with Crippen molar-refractivity contribution in [3.8, 4) is 0 Å². The maximum absolute atomic E-state index is 12.1. The van der Waals surface area contributed by atoms with E-state index in [-0.39, 0.29) is 30.7 Å². The van der Waals surface area contributed by atoms with E-state index >= 15 is 0 Å². The van der Waals surface area contributed by atoms with Crippen LogP contribution in [-0.4, -0.2) is 34.8 Å². The molecule has 0 saturated carbocycles. The third-order valence-corrected chi connectivity index (χ3v) is 3.06. The molecule has 1 aliphatic rings. The van der Waals surface area contributed by atoms with Crippen molar-refractivity contribution < 1.29 is 19.1 Å². The van der Waals surface area contributed by atoms with E-state index in [0.717, 1.165) is 0 Å². The zero-order valence-corrected chi connectivity index (χ0v) is 12.5. The van der Waals surface area contributed by atoms with Crippen molar-refractivity contribution in [2.75, 3.05) is 6.54 Å². The van der Waals surface area contributed by atoms with E-state index in [4.69, 9.17) is 4.74 Å². The molecule has 2 amide bonds. The molecule has 0 N–H and O–H groups in total. The van der Waals surface area contributed by atoms with Crippen molar-refractivity contribution in [1.82, 2.24) is 4.90 Å². The van der Waals surface area contributed by atoms with Crippen molar-refractivity contribution in [2.24, 2.45) is 0 Å². The monoisotopic (exact) mass is 289 g/mol. The Hall–Kier alpha value is -2.17. The summed E-state index contributed by atoms with van der Waals surface area (Å²) >= 11 is 0. The molecule has 0 aromatic heterocycles. The number of carbonyl (C=O) groups excluding carboxylic acids is 3. The zero-order chi connectivity index (χ0) is 15.6. The molecule has 112 valence electrons. The summed E-state index contributed by atoms with van der Waals surface area (Å²) in [7, 11) is 0. The van der Waals surface area contributed by atoms with Gasteiger partial charge in [-0.3, -0.25) is 19.3 Å². The van der Waals surface area contributed by atoms with E-state index in [2.05, 4.69) is 0 Å². The molecule has 0 spiro atoms. The number of benzene rings is 1. The van der Waals surface area contributed by atoms with Gasteiger partial charge >= 0.3 is 5.97 Å². The van der Waals surface area contributed by atoms with Gasteiger partial charge in [0.25, 0.3) is 11.8 Å². The minimum atomic E-state index is -0.521. The molecule has 0 saturated heterocycles. The van der Waals surface area contributed by atoms with Crippen molar-refractivity contribution in [1.29, 1.82) is 0 Å². The van der Waals surface area contributed by atoms with Crippen LogP contribution >= 0.6 is 0 Å². The summed E-state index contributed by atoms with van der Waals surface area (Å²) in [5.41, 5.74) is 0.339. The van der Waals surface area contributed by atoms with Crippen molar-refractivity contribution in [3.63, 3.8) is 0 Å². The molecule has 0 radical (unpaired) electrons. The number of hydrogen-bond donors (Lipinski definition) is 0. The van der Waals surface area contributed by atoms with Crippen molar-refractivity contribution >= 4 is 17.8 Å². The lowest BCUT2D eigenvalue weighted by atomic mass is 10.1. The number of amides is 2. The Morgan fingerprint density at radius 1 is 1.10 bits per heavy atom. The molecular formula is C16H19NO4. The summed E-state index contributed by atoms with van der Waals surface area (Å²) in [6.45, 7) is 5.63. The summed E-state index contributed by atoms with van der Waals surface area (Å²) < 4.78 is 5.19. The first-order chi connectivity index (χ1) is 9.79. The normalized spacial score (nSPS) is 14.3. The first kappa shape index (κ1) is 15.2. The minimum absolute atomic E-state index is 0.185. The topological polar surface area (TPSA) is 63.7 Å². The number of carbonyl (C=O) groups is 3. The Balaban J connectivity index is 1.90. The van der Waals surface area contributed by atoms with Crippen LogP contribution in [0.3, 0.4) is 0 Å². The lowest BCUT2D eigenvalue weighted by molar-refractivity contribution is -0.154. The first-order valence-electron chi connectivity index (χ1n) is 6.96. The molecule has 1 aromatic rings. The fourth-order valence-electron chi connectivity index (χ4n) is 2.22. The number of ether oxygens (including phenoxy) is 1. The molecular weight excluding hydrogens is 270 g/mol. The fraction of sp³-hybridized carbons (Fsp3) is 0.438. The molecule has 1 aromatic carbocycles. The molecule has 21 heavy (non-hydrogen) atoms. The van der Waals surface area contributed by atoms with Gasteiger partial charge in [0.1, 0.15) is 5.60 Å². The second-order valence-corrected chi connectivity index (χ2v) is 6.00. The van der Waals surface area contributed by atoms with Gasteiger partial charge in [-0.2, -0.15) is 0 Å². The minimum Gasteiger partial charge on any atom is -0.460 e. The van der Waals surface area contributed by atoms with Crippen LogP contribution in [0, 0.1) is 0 Å². The average Bonchev–Trinajstić information content (AvgIpc) is 2.62. The van der Waals surface area contributed by atoms with E-state index in [0.29, 0.717) is 17.5 Å². The zero-order valence-electron chi connectivity index (χ0n) is 12.5. The summed E-state index contributed by atoms with van der Waals surface area (Å²) in [5.74, 6) is -0.904. The lowest BCUT2D eigenvalue weighted by Gasteiger charge is -2.20. The third-order valence-electron chi connectivity index (χ3n) is 3.06. The van der Waals surface area contributed by atoms with E-state index < -0.39 is 5.60 Å². The highest BCUT2D eigenvalue weighted by Crippen LogP contribution is 2.22.